The van der Waals surface area contributed by atoms with Crippen LogP contribution in [0.1, 0.15) is 22.3 Å². The number of fused-ring (bicyclic) bond motifs is 2. The standard InChI is InChI=1S/C35H22Cl4N4OS2/c36-25-11-9-21(29(38)14-25)17-41-19-23(27-5-1-3-7-31(27)41)13-33-34(44)43(35(45)46-33)40-16-24-20-42(32-8-4-2-6-28(24)32)18-22-10-12-26(37)15-30(22)39/h1-16,19-20H,17-18H2/b33-13+,40-16+. The van der Waals surface area contributed by atoms with Crippen LogP contribution in [0.25, 0.3) is 27.9 Å². The first-order chi connectivity index (χ1) is 22.2. The van der Waals surface area contributed by atoms with Gasteiger partial charge in [0.05, 0.1) is 11.1 Å². The molecule has 1 saturated heterocycles. The number of thiocarbonyl (C=S) groups is 1. The zero-order chi connectivity index (χ0) is 31.9. The molecule has 1 aliphatic heterocycles. The van der Waals surface area contributed by atoms with Crippen molar-refractivity contribution in [2.75, 3.05) is 0 Å². The maximum Gasteiger partial charge on any atom is 0.286 e. The van der Waals surface area contributed by atoms with Crippen LogP contribution in [-0.4, -0.2) is 30.6 Å². The molecule has 0 N–H and O–H groups in total. The molecule has 11 heteroatoms. The molecule has 4 aromatic carbocycles. The Kier molecular flexibility index (Phi) is 8.72. The van der Waals surface area contributed by atoms with E-state index in [1.165, 1.54) is 16.8 Å². The van der Waals surface area contributed by atoms with Crippen molar-refractivity contribution in [1.82, 2.24) is 14.1 Å². The van der Waals surface area contributed by atoms with Gasteiger partial charge in [-0.05, 0) is 65.8 Å². The second-order valence-electron chi connectivity index (χ2n) is 10.7. The van der Waals surface area contributed by atoms with E-state index in [0.717, 1.165) is 44.1 Å². The number of benzene rings is 4. The minimum atomic E-state index is -0.277. The molecule has 2 aromatic heterocycles. The fourth-order valence-corrected chi connectivity index (χ4v) is 7.62. The number of hydrogen-bond donors (Lipinski definition) is 0. The number of hydrazone groups is 1. The van der Waals surface area contributed by atoms with Crippen LogP contribution in [0.3, 0.4) is 0 Å². The Morgan fingerprint density at radius 2 is 1.24 bits per heavy atom. The molecule has 1 aliphatic rings. The van der Waals surface area contributed by atoms with Crippen molar-refractivity contribution >= 4 is 115 Å². The van der Waals surface area contributed by atoms with Crippen molar-refractivity contribution in [3.63, 3.8) is 0 Å². The fraction of sp³-hybridized carbons (Fsp3) is 0.0571. The van der Waals surface area contributed by atoms with Crippen LogP contribution in [0.2, 0.25) is 20.1 Å². The molecular weight excluding hydrogens is 698 g/mol. The van der Waals surface area contributed by atoms with E-state index in [1.807, 2.05) is 91.3 Å². The number of halogens is 4. The Morgan fingerprint density at radius 1 is 0.717 bits per heavy atom. The SMILES string of the molecule is O=C1/C(=C\c2cn(Cc3ccc(Cl)cc3Cl)c3ccccc23)SC(=S)N1/N=C/c1cn(Cc2ccc(Cl)cc2Cl)c2ccccc12. The molecule has 228 valence electrons. The summed E-state index contributed by atoms with van der Waals surface area (Å²) in [5, 5.41) is 10.2. The molecule has 0 radical (unpaired) electrons. The van der Waals surface area contributed by atoms with E-state index in [2.05, 4.69) is 14.2 Å². The molecular formula is C35H22Cl4N4OS2. The van der Waals surface area contributed by atoms with Crippen LogP contribution < -0.4 is 0 Å². The maximum absolute atomic E-state index is 13.6. The molecule has 0 atom stereocenters. The van der Waals surface area contributed by atoms with Gasteiger partial charge in [-0.2, -0.15) is 10.1 Å². The molecule has 6 aromatic rings. The second kappa shape index (κ2) is 12.9. The van der Waals surface area contributed by atoms with Gasteiger partial charge >= 0.3 is 0 Å². The van der Waals surface area contributed by atoms with E-state index >= 15 is 0 Å². The van der Waals surface area contributed by atoms with E-state index < -0.39 is 0 Å². The third kappa shape index (κ3) is 6.11. The van der Waals surface area contributed by atoms with Gasteiger partial charge < -0.3 is 9.13 Å². The van der Waals surface area contributed by atoms with Crippen LogP contribution in [0, 0.1) is 0 Å². The van der Waals surface area contributed by atoms with Crippen molar-refractivity contribution in [1.29, 1.82) is 0 Å². The van der Waals surface area contributed by atoms with E-state index in [-0.39, 0.29) is 5.91 Å². The van der Waals surface area contributed by atoms with Gasteiger partial charge in [-0.15, -0.1) is 0 Å². The summed E-state index contributed by atoms with van der Waals surface area (Å²) in [7, 11) is 0. The Hall–Kier alpha value is -3.56. The Labute approximate surface area is 294 Å². The maximum atomic E-state index is 13.6. The highest BCUT2D eigenvalue weighted by Gasteiger charge is 2.32. The highest BCUT2D eigenvalue weighted by Crippen LogP contribution is 2.35. The molecule has 1 fully saturated rings. The quantitative estimate of drug-likeness (QED) is 0.0937. The number of amides is 1. The van der Waals surface area contributed by atoms with Gasteiger partial charge in [0, 0.05) is 78.5 Å². The lowest BCUT2D eigenvalue weighted by molar-refractivity contribution is -0.122. The highest BCUT2D eigenvalue weighted by atomic mass is 35.5. The number of nitrogens with zero attached hydrogens (tertiary/aromatic N) is 4. The van der Waals surface area contributed by atoms with Crippen molar-refractivity contribution < 1.29 is 4.79 Å². The fourth-order valence-electron chi connectivity index (χ4n) is 5.52. The third-order valence-electron chi connectivity index (χ3n) is 7.72. The van der Waals surface area contributed by atoms with Crippen LogP contribution in [0.5, 0.6) is 0 Å². The van der Waals surface area contributed by atoms with Gasteiger partial charge in [-0.3, -0.25) is 4.79 Å². The van der Waals surface area contributed by atoms with Crippen LogP contribution in [0.15, 0.2) is 107 Å². The summed E-state index contributed by atoms with van der Waals surface area (Å²) in [4.78, 5) is 14.1. The van der Waals surface area contributed by atoms with E-state index in [9.17, 15) is 4.79 Å². The van der Waals surface area contributed by atoms with Gasteiger partial charge in [0.15, 0.2) is 4.32 Å². The number of rotatable bonds is 7. The monoisotopic (exact) mass is 718 g/mol. The van der Waals surface area contributed by atoms with Crippen LogP contribution in [-0.2, 0) is 17.9 Å². The zero-order valence-electron chi connectivity index (χ0n) is 23.8. The first kappa shape index (κ1) is 31.1. The molecule has 0 unspecified atom stereocenters. The molecule has 7 rings (SSSR count). The van der Waals surface area contributed by atoms with Crippen molar-refractivity contribution in [3.05, 3.63) is 145 Å². The molecule has 46 heavy (non-hydrogen) atoms. The minimum Gasteiger partial charge on any atom is -0.342 e. The van der Waals surface area contributed by atoms with E-state index in [1.54, 1.807) is 18.3 Å². The summed E-state index contributed by atoms with van der Waals surface area (Å²) < 4.78 is 4.58. The lowest BCUT2D eigenvalue weighted by Crippen LogP contribution is -2.22. The molecule has 0 spiro atoms. The average molecular weight is 721 g/mol. The first-order valence-electron chi connectivity index (χ1n) is 14.1. The molecule has 0 aliphatic carbocycles. The van der Waals surface area contributed by atoms with Crippen LogP contribution >= 0.6 is 70.4 Å². The minimum absolute atomic E-state index is 0.277. The lowest BCUT2D eigenvalue weighted by atomic mass is 10.1. The van der Waals surface area contributed by atoms with E-state index in [0.29, 0.717) is 42.4 Å². The highest BCUT2D eigenvalue weighted by molar-refractivity contribution is 8.26. The summed E-state index contributed by atoms with van der Waals surface area (Å²) >= 11 is 32.0. The Balaban J connectivity index is 1.17. The first-order valence-corrected chi connectivity index (χ1v) is 16.8. The van der Waals surface area contributed by atoms with Crippen molar-refractivity contribution in [3.8, 4) is 0 Å². The third-order valence-corrected chi connectivity index (χ3v) is 10.2. The zero-order valence-corrected chi connectivity index (χ0v) is 28.5. The number of hydrogen-bond acceptors (Lipinski definition) is 4. The Morgan fingerprint density at radius 3 is 1.80 bits per heavy atom. The average Bonchev–Trinajstić information content (AvgIpc) is 3.66. The predicted octanol–water partition coefficient (Wildman–Crippen LogP) is 10.5. The summed E-state index contributed by atoms with van der Waals surface area (Å²) in [6.07, 6.45) is 7.57. The molecule has 5 nitrogen and oxygen atoms in total. The topological polar surface area (TPSA) is 42.5 Å². The smallest absolute Gasteiger partial charge is 0.286 e. The summed E-state index contributed by atoms with van der Waals surface area (Å²) in [5.41, 5.74) is 5.66. The van der Waals surface area contributed by atoms with Crippen LogP contribution in [0.4, 0.5) is 0 Å². The normalized spacial score (nSPS) is 14.6. The summed E-state index contributed by atoms with van der Waals surface area (Å²) in [5.74, 6) is -0.277. The van der Waals surface area contributed by atoms with E-state index in [4.69, 9.17) is 58.6 Å². The predicted molar refractivity (Wildman–Crippen MR) is 198 cm³/mol. The van der Waals surface area contributed by atoms with Gasteiger partial charge in [0.2, 0.25) is 0 Å². The number of para-hydroxylation sites is 2. The molecule has 1 amide bonds. The van der Waals surface area contributed by atoms with Crippen molar-refractivity contribution in [2.24, 2.45) is 5.10 Å². The van der Waals surface area contributed by atoms with Gasteiger partial charge in [-0.25, -0.2) is 0 Å². The lowest BCUT2D eigenvalue weighted by Gasteiger charge is -2.08. The number of thioether (sulfide) groups is 1. The van der Waals surface area contributed by atoms with Crippen molar-refractivity contribution in [2.45, 2.75) is 13.1 Å². The van der Waals surface area contributed by atoms with Gasteiger partial charge in [0.25, 0.3) is 5.91 Å². The largest absolute Gasteiger partial charge is 0.342 e. The second-order valence-corrected chi connectivity index (χ2v) is 14.0. The molecule has 3 heterocycles. The number of aromatic nitrogens is 2. The molecule has 0 bridgehead atoms. The summed E-state index contributed by atoms with van der Waals surface area (Å²) in [6, 6.07) is 27.0. The Bertz CT molecular complexity index is 2250. The van der Waals surface area contributed by atoms with Gasteiger partial charge in [0.1, 0.15) is 0 Å². The number of carbonyl (C=O) groups excluding carboxylic acids is 1. The molecule has 0 saturated carbocycles. The summed E-state index contributed by atoms with van der Waals surface area (Å²) in [6.45, 7) is 1.10. The number of carbonyl (C=O) groups is 1. The van der Waals surface area contributed by atoms with Gasteiger partial charge in [-0.1, -0.05) is 107 Å².